The van der Waals surface area contributed by atoms with Gasteiger partial charge >= 0.3 is 5.97 Å². The third kappa shape index (κ3) is 3.00. The molecule has 1 aromatic carbocycles. The molecule has 1 atom stereocenters. The van der Waals surface area contributed by atoms with E-state index >= 15 is 0 Å². The SMILES string of the molecule is Cc1c(F)cccc1C1(C(=O)O)CCc2cnc(CC3CC3)nc2CC1. The first-order chi connectivity index (χ1) is 12.5. The van der Waals surface area contributed by atoms with Crippen LogP contribution in [0.5, 0.6) is 0 Å². The number of aromatic nitrogens is 2. The molecule has 0 saturated heterocycles. The number of carbonyl (C=O) groups is 1. The molecular formula is C21H23FN2O2. The largest absolute Gasteiger partial charge is 0.481 e. The summed E-state index contributed by atoms with van der Waals surface area (Å²) in [5.74, 6) is 0.351. The Bertz CT molecular complexity index is 863. The van der Waals surface area contributed by atoms with E-state index in [9.17, 15) is 14.3 Å². The molecule has 0 radical (unpaired) electrons. The molecule has 136 valence electrons. The number of rotatable bonds is 4. The summed E-state index contributed by atoms with van der Waals surface area (Å²) in [6, 6.07) is 4.75. The lowest BCUT2D eigenvalue weighted by Gasteiger charge is -2.30. The maximum Gasteiger partial charge on any atom is 0.314 e. The van der Waals surface area contributed by atoms with Crippen molar-refractivity contribution in [3.63, 3.8) is 0 Å². The van der Waals surface area contributed by atoms with Crippen molar-refractivity contribution in [2.24, 2.45) is 5.92 Å². The second-order valence-electron chi connectivity index (χ2n) is 7.71. The van der Waals surface area contributed by atoms with Gasteiger partial charge in [-0.1, -0.05) is 12.1 Å². The van der Waals surface area contributed by atoms with E-state index in [2.05, 4.69) is 4.98 Å². The number of aliphatic carboxylic acids is 1. The van der Waals surface area contributed by atoms with E-state index in [1.807, 2.05) is 6.20 Å². The number of nitrogens with zero attached hydrogens (tertiary/aromatic N) is 2. The average Bonchev–Trinajstić information content (AvgIpc) is 3.44. The average molecular weight is 354 g/mol. The van der Waals surface area contributed by atoms with Crippen molar-refractivity contribution in [3.05, 3.63) is 58.4 Å². The van der Waals surface area contributed by atoms with E-state index in [1.165, 1.54) is 18.9 Å². The first-order valence-electron chi connectivity index (χ1n) is 9.32. The maximum atomic E-state index is 14.1. The van der Waals surface area contributed by atoms with Gasteiger partial charge < -0.3 is 5.11 Å². The molecule has 1 unspecified atom stereocenters. The lowest BCUT2D eigenvalue weighted by atomic mass is 9.72. The zero-order valence-electron chi connectivity index (χ0n) is 15.0. The first kappa shape index (κ1) is 17.1. The minimum atomic E-state index is -1.08. The van der Waals surface area contributed by atoms with Crippen molar-refractivity contribution in [2.75, 3.05) is 0 Å². The summed E-state index contributed by atoms with van der Waals surface area (Å²) in [7, 11) is 0. The second kappa shape index (κ2) is 6.45. The Kier molecular flexibility index (Phi) is 4.25. The summed E-state index contributed by atoms with van der Waals surface area (Å²) >= 11 is 0. The van der Waals surface area contributed by atoms with E-state index < -0.39 is 11.4 Å². The van der Waals surface area contributed by atoms with E-state index in [0.29, 0.717) is 42.7 Å². The van der Waals surface area contributed by atoms with Crippen LogP contribution < -0.4 is 0 Å². The summed E-state index contributed by atoms with van der Waals surface area (Å²) < 4.78 is 14.1. The molecule has 2 aliphatic carbocycles. The molecule has 5 heteroatoms. The second-order valence-corrected chi connectivity index (χ2v) is 7.71. The summed E-state index contributed by atoms with van der Waals surface area (Å²) in [6.07, 6.45) is 7.34. The highest BCUT2D eigenvalue weighted by Gasteiger charge is 2.43. The normalized spacial score (nSPS) is 22.5. The Hall–Kier alpha value is -2.30. The summed E-state index contributed by atoms with van der Waals surface area (Å²) in [5.41, 5.74) is 1.93. The number of hydrogen-bond donors (Lipinski definition) is 1. The van der Waals surface area contributed by atoms with Crippen molar-refractivity contribution < 1.29 is 14.3 Å². The van der Waals surface area contributed by atoms with Crippen LogP contribution in [-0.4, -0.2) is 21.0 Å². The van der Waals surface area contributed by atoms with Crippen LogP contribution in [0.2, 0.25) is 0 Å². The molecule has 0 amide bonds. The molecule has 1 fully saturated rings. The highest BCUT2D eigenvalue weighted by molar-refractivity contribution is 5.82. The predicted octanol–water partition coefficient (Wildman–Crippen LogP) is 3.78. The lowest BCUT2D eigenvalue weighted by molar-refractivity contribution is -0.144. The predicted molar refractivity (Wildman–Crippen MR) is 95.6 cm³/mol. The van der Waals surface area contributed by atoms with E-state index in [1.54, 1.807) is 19.1 Å². The molecule has 1 N–H and O–H groups in total. The van der Waals surface area contributed by atoms with Gasteiger partial charge in [0.2, 0.25) is 0 Å². The van der Waals surface area contributed by atoms with Crippen molar-refractivity contribution in [2.45, 2.75) is 57.3 Å². The molecule has 2 aromatic rings. The van der Waals surface area contributed by atoms with Crippen LogP contribution in [0.15, 0.2) is 24.4 Å². The Morgan fingerprint density at radius 2 is 2.08 bits per heavy atom. The lowest BCUT2D eigenvalue weighted by Crippen LogP contribution is -2.37. The number of carboxylic acids is 1. The van der Waals surface area contributed by atoms with Gasteiger partial charge in [0.05, 0.1) is 5.41 Å². The highest BCUT2D eigenvalue weighted by atomic mass is 19.1. The van der Waals surface area contributed by atoms with Crippen molar-refractivity contribution in [3.8, 4) is 0 Å². The molecule has 26 heavy (non-hydrogen) atoms. The quantitative estimate of drug-likeness (QED) is 0.849. The number of benzene rings is 1. The van der Waals surface area contributed by atoms with Gasteiger partial charge in [-0.2, -0.15) is 0 Å². The van der Waals surface area contributed by atoms with Crippen molar-refractivity contribution >= 4 is 5.97 Å². The Balaban J connectivity index is 1.68. The molecule has 1 aromatic heterocycles. The van der Waals surface area contributed by atoms with Crippen LogP contribution in [0.25, 0.3) is 0 Å². The van der Waals surface area contributed by atoms with Crippen LogP contribution >= 0.6 is 0 Å². The van der Waals surface area contributed by atoms with E-state index in [-0.39, 0.29) is 5.82 Å². The Morgan fingerprint density at radius 3 is 2.81 bits per heavy atom. The van der Waals surface area contributed by atoms with Gasteiger partial charge in [0.25, 0.3) is 0 Å². The number of halogens is 1. The van der Waals surface area contributed by atoms with Crippen molar-refractivity contribution in [1.82, 2.24) is 9.97 Å². The first-order valence-corrected chi connectivity index (χ1v) is 9.32. The number of hydrogen-bond acceptors (Lipinski definition) is 3. The van der Waals surface area contributed by atoms with E-state index in [4.69, 9.17) is 4.98 Å². The van der Waals surface area contributed by atoms with Crippen LogP contribution in [0.1, 0.15) is 53.9 Å². The van der Waals surface area contributed by atoms with Gasteiger partial charge in [-0.3, -0.25) is 4.79 Å². The topological polar surface area (TPSA) is 63.1 Å². The van der Waals surface area contributed by atoms with Gasteiger partial charge in [0.15, 0.2) is 0 Å². The Labute approximate surface area is 152 Å². The molecule has 1 saturated carbocycles. The van der Waals surface area contributed by atoms with Crippen LogP contribution in [-0.2, 0) is 29.5 Å². The van der Waals surface area contributed by atoms with Gasteiger partial charge in [-0.25, -0.2) is 14.4 Å². The fourth-order valence-corrected chi connectivity index (χ4v) is 4.12. The van der Waals surface area contributed by atoms with E-state index in [0.717, 1.165) is 23.5 Å². The minimum absolute atomic E-state index is 0.351. The zero-order chi connectivity index (χ0) is 18.3. The summed E-state index contributed by atoms with van der Waals surface area (Å²) in [6.45, 7) is 1.67. The minimum Gasteiger partial charge on any atom is -0.481 e. The number of fused-ring (bicyclic) bond motifs is 1. The van der Waals surface area contributed by atoms with Crippen LogP contribution in [0.4, 0.5) is 4.39 Å². The number of aryl methyl sites for hydroxylation is 2. The van der Waals surface area contributed by atoms with Gasteiger partial charge in [0, 0.05) is 18.3 Å². The van der Waals surface area contributed by atoms with Gasteiger partial charge in [-0.15, -0.1) is 0 Å². The monoisotopic (exact) mass is 354 g/mol. The summed E-state index contributed by atoms with van der Waals surface area (Å²) in [5, 5.41) is 10.1. The third-order valence-electron chi connectivity index (χ3n) is 5.97. The maximum absolute atomic E-state index is 14.1. The molecular weight excluding hydrogens is 331 g/mol. The standard InChI is InChI=1S/C21H23FN2O2/c1-13-16(3-2-4-17(13)22)21(20(25)26)9-7-15-12-23-19(11-14-5-6-14)24-18(15)8-10-21/h2-4,12,14H,5-11H2,1H3,(H,25,26). The fraction of sp³-hybridized carbons (Fsp3) is 0.476. The fourth-order valence-electron chi connectivity index (χ4n) is 4.12. The van der Waals surface area contributed by atoms with Gasteiger partial charge in [-0.05, 0) is 74.1 Å². The molecule has 1 heterocycles. The third-order valence-corrected chi connectivity index (χ3v) is 5.97. The molecule has 4 rings (SSSR count). The number of carboxylic acid groups (broad SMARTS) is 1. The summed E-state index contributed by atoms with van der Waals surface area (Å²) in [4.78, 5) is 21.5. The highest BCUT2D eigenvalue weighted by Crippen LogP contribution is 2.40. The van der Waals surface area contributed by atoms with Crippen molar-refractivity contribution in [1.29, 1.82) is 0 Å². The van der Waals surface area contributed by atoms with Gasteiger partial charge in [0.1, 0.15) is 11.6 Å². The molecule has 0 spiro atoms. The van der Waals surface area contributed by atoms with Crippen LogP contribution in [0.3, 0.4) is 0 Å². The zero-order valence-corrected chi connectivity index (χ0v) is 15.0. The molecule has 4 nitrogen and oxygen atoms in total. The molecule has 2 aliphatic rings. The van der Waals surface area contributed by atoms with Crippen LogP contribution in [0, 0.1) is 18.7 Å². The molecule has 0 bridgehead atoms. The molecule has 0 aliphatic heterocycles. The Morgan fingerprint density at radius 1 is 1.31 bits per heavy atom. The smallest absolute Gasteiger partial charge is 0.314 e.